The molecular weight excluding hydrogens is 426 g/mol. The van der Waals surface area contributed by atoms with Gasteiger partial charge in [-0.1, -0.05) is 37.0 Å². The van der Waals surface area contributed by atoms with Crippen LogP contribution in [0.1, 0.15) is 48.0 Å². The molecule has 0 bridgehead atoms. The number of aromatic carboxylic acids is 1. The number of carboxylic acids is 1. The van der Waals surface area contributed by atoms with Crippen LogP contribution in [0.4, 0.5) is 11.4 Å². The molecule has 1 aliphatic carbocycles. The van der Waals surface area contributed by atoms with Crippen LogP contribution in [0.5, 0.6) is 0 Å². The highest BCUT2D eigenvalue weighted by atomic mass is 32.2. The van der Waals surface area contributed by atoms with Crippen LogP contribution in [-0.2, 0) is 10.0 Å². The van der Waals surface area contributed by atoms with Crippen molar-refractivity contribution in [2.24, 2.45) is 0 Å². The van der Waals surface area contributed by atoms with Crippen molar-refractivity contribution in [1.29, 1.82) is 0 Å². The van der Waals surface area contributed by atoms with E-state index in [0.717, 1.165) is 31.7 Å². The van der Waals surface area contributed by atoms with Crippen molar-refractivity contribution < 1.29 is 18.3 Å². The van der Waals surface area contributed by atoms with E-state index in [4.69, 9.17) is 0 Å². The molecule has 32 heavy (non-hydrogen) atoms. The monoisotopic (exact) mass is 457 g/mol. The molecule has 1 saturated heterocycles. The Morgan fingerprint density at radius 1 is 0.969 bits per heavy atom. The molecule has 0 radical (unpaired) electrons. The molecule has 0 atom stereocenters. The zero-order valence-electron chi connectivity index (χ0n) is 18.5. The first-order chi connectivity index (χ1) is 15.3. The van der Waals surface area contributed by atoms with Crippen molar-refractivity contribution in [2.45, 2.75) is 50.0 Å². The van der Waals surface area contributed by atoms with Crippen LogP contribution < -0.4 is 9.62 Å². The number of anilines is 2. The number of nitrogens with zero attached hydrogens (tertiary/aromatic N) is 2. The second-order valence-electron chi connectivity index (χ2n) is 8.77. The molecule has 7 nitrogen and oxygen atoms in total. The molecule has 4 rings (SSSR count). The molecule has 2 aromatic rings. The molecule has 2 aliphatic rings. The summed E-state index contributed by atoms with van der Waals surface area (Å²) in [4.78, 5) is 16.4. The van der Waals surface area contributed by atoms with Gasteiger partial charge in [-0.05, 0) is 50.1 Å². The number of carboxylic acid groups (broad SMARTS) is 1. The van der Waals surface area contributed by atoms with Crippen LogP contribution in [-0.4, -0.2) is 56.6 Å². The second kappa shape index (κ2) is 9.50. The van der Waals surface area contributed by atoms with Gasteiger partial charge in [-0.3, -0.25) is 9.62 Å². The smallest absolute Gasteiger partial charge is 0.335 e. The van der Waals surface area contributed by atoms with Gasteiger partial charge in [-0.25, -0.2) is 13.2 Å². The predicted octanol–water partition coefficient (Wildman–Crippen LogP) is 3.95. The van der Waals surface area contributed by atoms with E-state index in [0.29, 0.717) is 17.4 Å². The number of hydrogen-bond donors (Lipinski definition) is 2. The van der Waals surface area contributed by atoms with Gasteiger partial charge in [0.1, 0.15) is 0 Å². The summed E-state index contributed by atoms with van der Waals surface area (Å²) in [7, 11) is -3.84. The largest absolute Gasteiger partial charge is 0.478 e. The summed E-state index contributed by atoms with van der Waals surface area (Å²) in [5.74, 6) is -1.09. The third-order valence-electron chi connectivity index (χ3n) is 6.57. The highest BCUT2D eigenvalue weighted by Gasteiger charge is 2.27. The number of rotatable bonds is 6. The Balaban J connectivity index is 1.56. The van der Waals surface area contributed by atoms with E-state index in [2.05, 4.69) is 14.5 Å². The SMILES string of the molecule is Cc1ccc(S(=O)(=O)Nc2cc(C(=O)O)ccc2N2CCN(C3CCCCC3)CC2)cc1. The van der Waals surface area contributed by atoms with E-state index < -0.39 is 16.0 Å². The van der Waals surface area contributed by atoms with Gasteiger partial charge in [-0.2, -0.15) is 0 Å². The standard InChI is InChI=1S/C24H31N3O4S/c1-18-7-10-21(11-8-18)32(30,31)25-22-17-19(24(28)29)9-12-23(22)27-15-13-26(14-16-27)20-5-3-2-4-6-20/h7-12,17,20,25H,2-6,13-16H2,1H3,(H,28,29). The lowest BCUT2D eigenvalue weighted by Gasteiger charge is -2.42. The Morgan fingerprint density at radius 3 is 2.25 bits per heavy atom. The van der Waals surface area contributed by atoms with Crippen LogP contribution in [0.15, 0.2) is 47.4 Å². The molecule has 2 aromatic carbocycles. The first kappa shape index (κ1) is 22.6. The summed E-state index contributed by atoms with van der Waals surface area (Å²) in [5, 5.41) is 9.44. The zero-order chi connectivity index (χ0) is 22.7. The Labute approximate surface area is 190 Å². The van der Waals surface area contributed by atoms with Crippen LogP contribution in [0.2, 0.25) is 0 Å². The van der Waals surface area contributed by atoms with E-state index in [1.807, 2.05) is 6.92 Å². The lowest BCUT2D eigenvalue weighted by molar-refractivity contribution is 0.0697. The molecule has 1 heterocycles. The maximum absolute atomic E-state index is 13.0. The van der Waals surface area contributed by atoms with Gasteiger partial charge >= 0.3 is 5.97 Å². The normalized spacial score (nSPS) is 18.5. The minimum atomic E-state index is -3.84. The summed E-state index contributed by atoms with van der Waals surface area (Å²) < 4.78 is 28.6. The van der Waals surface area contributed by atoms with Gasteiger partial charge in [0.05, 0.1) is 21.8 Å². The molecular formula is C24H31N3O4S. The number of aryl methyl sites for hydroxylation is 1. The summed E-state index contributed by atoms with van der Waals surface area (Å²) in [6.45, 7) is 5.31. The van der Waals surface area contributed by atoms with Gasteiger partial charge < -0.3 is 10.0 Å². The van der Waals surface area contributed by atoms with Crippen molar-refractivity contribution >= 4 is 27.4 Å². The van der Waals surface area contributed by atoms with E-state index in [1.54, 1.807) is 30.3 Å². The first-order valence-electron chi connectivity index (χ1n) is 11.3. The first-order valence-corrected chi connectivity index (χ1v) is 12.8. The Morgan fingerprint density at radius 2 is 1.62 bits per heavy atom. The van der Waals surface area contributed by atoms with E-state index in [9.17, 15) is 18.3 Å². The maximum Gasteiger partial charge on any atom is 0.335 e. The Hall–Kier alpha value is -2.58. The molecule has 1 saturated carbocycles. The van der Waals surface area contributed by atoms with Gasteiger partial charge in [0, 0.05) is 32.2 Å². The Bertz CT molecular complexity index is 1060. The highest BCUT2D eigenvalue weighted by molar-refractivity contribution is 7.92. The fourth-order valence-electron chi connectivity index (χ4n) is 4.72. The topological polar surface area (TPSA) is 89.9 Å². The number of benzene rings is 2. The van der Waals surface area contributed by atoms with E-state index >= 15 is 0 Å². The minimum absolute atomic E-state index is 0.0520. The lowest BCUT2D eigenvalue weighted by atomic mass is 9.94. The molecule has 2 fully saturated rings. The van der Waals surface area contributed by atoms with Crippen molar-refractivity contribution in [3.63, 3.8) is 0 Å². The molecule has 172 valence electrons. The molecule has 0 aromatic heterocycles. The minimum Gasteiger partial charge on any atom is -0.478 e. The van der Waals surface area contributed by atoms with Crippen LogP contribution in [0.25, 0.3) is 0 Å². The maximum atomic E-state index is 13.0. The van der Waals surface area contributed by atoms with Crippen LogP contribution >= 0.6 is 0 Å². The molecule has 0 unspecified atom stereocenters. The van der Waals surface area contributed by atoms with Gasteiger partial charge in [0.25, 0.3) is 10.0 Å². The molecule has 2 N–H and O–H groups in total. The fraction of sp³-hybridized carbons (Fsp3) is 0.458. The molecule has 0 spiro atoms. The number of sulfonamides is 1. The number of piperazine rings is 1. The van der Waals surface area contributed by atoms with Crippen molar-refractivity contribution in [3.8, 4) is 0 Å². The average molecular weight is 458 g/mol. The fourth-order valence-corrected chi connectivity index (χ4v) is 5.79. The van der Waals surface area contributed by atoms with Crippen molar-refractivity contribution in [1.82, 2.24) is 4.90 Å². The van der Waals surface area contributed by atoms with Crippen molar-refractivity contribution in [2.75, 3.05) is 35.8 Å². The van der Waals surface area contributed by atoms with E-state index in [-0.39, 0.29) is 10.5 Å². The van der Waals surface area contributed by atoms with Crippen LogP contribution in [0, 0.1) is 6.92 Å². The highest BCUT2D eigenvalue weighted by Crippen LogP contribution is 2.32. The third kappa shape index (κ3) is 5.07. The lowest BCUT2D eigenvalue weighted by Crippen LogP contribution is -2.51. The molecule has 1 aliphatic heterocycles. The second-order valence-corrected chi connectivity index (χ2v) is 10.5. The summed E-state index contributed by atoms with van der Waals surface area (Å²) in [6, 6.07) is 11.9. The quantitative estimate of drug-likeness (QED) is 0.683. The molecule has 0 amide bonds. The number of carbonyl (C=O) groups is 1. The van der Waals surface area contributed by atoms with E-state index in [1.165, 1.54) is 44.2 Å². The van der Waals surface area contributed by atoms with Gasteiger partial charge in [-0.15, -0.1) is 0 Å². The van der Waals surface area contributed by atoms with Gasteiger partial charge in [0.2, 0.25) is 0 Å². The third-order valence-corrected chi connectivity index (χ3v) is 7.95. The summed E-state index contributed by atoms with van der Waals surface area (Å²) in [6.07, 6.45) is 6.44. The summed E-state index contributed by atoms with van der Waals surface area (Å²) in [5.41, 5.74) is 2.04. The summed E-state index contributed by atoms with van der Waals surface area (Å²) >= 11 is 0. The number of nitrogens with one attached hydrogen (secondary N) is 1. The van der Waals surface area contributed by atoms with Crippen molar-refractivity contribution in [3.05, 3.63) is 53.6 Å². The number of hydrogen-bond acceptors (Lipinski definition) is 5. The Kier molecular flexibility index (Phi) is 6.71. The van der Waals surface area contributed by atoms with Crippen LogP contribution in [0.3, 0.4) is 0 Å². The predicted molar refractivity (Wildman–Crippen MR) is 126 cm³/mol. The zero-order valence-corrected chi connectivity index (χ0v) is 19.3. The average Bonchev–Trinajstić information content (AvgIpc) is 2.80. The molecule has 8 heteroatoms. The van der Waals surface area contributed by atoms with Gasteiger partial charge in [0.15, 0.2) is 0 Å².